The van der Waals surface area contributed by atoms with E-state index in [4.69, 9.17) is 4.74 Å². The number of hydrogen-bond donors (Lipinski definition) is 2. The fourth-order valence-electron chi connectivity index (χ4n) is 2.75. The highest BCUT2D eigenvalue weighted by Crippen LogP contribution is 2.18. The largest absolute Gasteiger partial charge is 0.444 e. The van der Waals surface area contributed by atoms with Crippen LogP contribution in [0.3, 0.4) is 0 Å². The van der Waals surface area contributed by atoms with Crippen molar-refractivity contribution in [3.63, 3.8) is 0 Å². The van der Waals surface area contributed by atoms with Gasteiger partial charge in [0.15, 0.2) is 0 Å². The molecule has 27 heavy (non-hydrogen) atoms. The summed E-state index contributed by atoms with van der Waals surface area (Å²) in [6.07, 6.45) is 3.30. The summed E-state index contributed by atoms with van der Waals surface area (Å²) in [5, 5.41) is 11.4. The molecule has 8 heteroatoms. The topological polar surface area (TPSA) is 86.0 Å². The predicted octanol–water partition coefficient (Wildman–Crippen LogP) is 2.91. The van der Waals surface area contributed by atoms with Crippen molar-refractivity contribution in [2.45, 2.75) is 39.5 Å². The molecule has 0 bridgehead atoms. The van der Waals surface area contributed by atoms with Gasteiger partial charge in [-0.25, -0.2) is 9.78 Å². The molecule has 0 unspecified atom stereocenters. The number of rotatable bonds is 6. The summed E-state index contributed by atoms with van der Waals surface area (Å²) < 4.78 is 9.03. The van der Waals surface area contributed by atoms with Crippen LogP contribution in [0.2, 0.25) is 0 Å². The highest BCUT2D eigenvalue weighted by Gasteiger charge is 2.15. The number of benzene rings is 1. The van der Waals surface area contributed by atoms with Crippen LogP contribution >= 0.6 is 0 Å². The van der Waals surface area contributed by atoms with Crippen LogP contribution < -0.4 is 10.6 Å². The van der Waals surface area contributed by atoms with E-state index in [9.17, 15) is 4.79 Å². The molecular weight excluding hydrogens is 344 g/mol. The Morgan fingerprint density at radius 1 is 1.26 bits per heavy atom. The number of hydrogen-bond acceptors (Lipinski definition) is 5. The molecule has 0 saturated carbocycles. The number of anilines is 1. The summed E-state index contributed by atoms with van der Waals surface area (Å²) in [6, 6.07) is 8.39. The molecule has 0 aliphatic rings. The highest BCUT2D eigenvalue weighted by molar-refractivity contribution is 5.81. The zero-order valence-corrected chi connectivity index (χ0v) is 16.2. The van der Waals surface area contributed by atoms with Gasteiger partial charge in [-0.3, -0.25) is 4.68 Å². The molecule has 0 saturated heterocycles. The fourth-order valence-corrected chi connectivity index (χ4v) is 2.75. The minimum atomic E-state index is -0.487. The first kappa shape index (κ1) is 18.8. The van der Waals surface area contributed by atoms with Crippen LogP contribution in [-0.4, -0.2) is 37.6 Å². The maximum Gasteiger partial charge on any atom is 0.407 e. The molecule has 0 aliphatic carbocycles. The highest BCUT2D eigenvalue weighted by atomic mass is 16.6. The predicted molar refractivity (Wildman–Crippen MR) is 105 cm³/mol. The van der Waals surface area contributed by atoms with E-state index in [-0.39, 0.29) is 0 Å². The van der Waals surface area contributed by atoms with Crippen molar-refractivity contribution in [2.75, 3.05) is 11.9 Å². The molecule has 2 aromatic heterocycles. The second kappa shape index (κ2) is 7.69. The molecule has 0 fully saturated rings. The van der Waals surface area contributed by atoms with E-state index in [0.717, 1.165) is 16.5 Å². The van der Waals surface area contributed by atoms with Crippen molar-refractivity contribution in [2.24, 2.45) is 7.05 Å². The molecule has 3 rings (SSSR count). The van der Waals surface area contributed by atoms with Gasteiger partial charge in [0.1, 0.15) is 11.9 Å². The molecule has 2 N–H and O–H groups in total. The van der Waals surface area contributed by atoms with E-state index in [1.165, 1.54) is 0 Å². The van der Waals surface area contributed by atoms with Crippen LogP contribution in [-0.2, 0) is 24.9 Å². The van der Waals surface area contributed by atoms with E-state index in [1.807, 2.05) is 34.0 Å². The van der Waals surface area contributed by atoms with Crippen LogP contribution in [0.4, 0.5) is 10.7 Å². The molecule has 3 aromatic rings. The second-order valence-electron chi connectivity index (χ2n) is 7.43. The van der Waals surface area contributed by atoms with Gasteiger partial charge in [-0.1, -0.05) is 6.07 Å². The molecule has 0 radical (unpaired) electrons. The first-order valence-corrected chi connectivity index (χ1v) is 8.94. The fraction of sp³-hybridized carbons (Fsp3) is 0.421. The molecule has 8 nitrogen and oxygen atoms in total. The van der Waals surface area contributed by atoms with Gasteiger partial charge < -0.3 is 19.9 Å². The minimum Gasteiger partial charge on any atom is -0.444 e. The average Bonchev–Trinajstić information content (AvgIpc) is 3.17. The minimum absolute atomic E-state index is 0.393. The quantitative estimate of drug-likeness (QED) is 0.697. The number of carbonyl (C=O) groups excluding carboxylic acids is 1. The Morgan fingerprint density at radius 2 is 2.07 bits per heavy atom. The average molecular weight is 370 g/mol. The summed E-state index contributed by atoms with van der Waals surface area (Å²) in [5.41, 5.74) is 1.79. The summed E-state index contributed by atoms with van der Waals surface area (Å²) in [4.78, 5) is 15.9. The van der Waals surface area contributed by atoms with Gasteiger partial charge in [0.2, 0.25) is 5.95 Å². The lowest BCUT2D eigenvalue weighted by Gasteiger charge is -2.19. The van der Waals surface area contributed by atoms with E-state index in [0.29, 0.717) is 25.6 Å². The third kappa shape index (κ3) is 5.22. The van der Waals surface area contributed by atoms with Crippen molar-refractivity contribution < 1.29 is 9.53 Å². The summed E-state index contributed by atoms with van der Waals surface area (Å²) >= 11 is 0. The number of carbonyl (C=O) groups is 1. The number of ether oxygens (including phenoxy) is 1. The van der Waals surface area contributed by atoms with Gasteiger partial charge in [-0.2, -0.15) is 0 Å². The number of amides is 1. The van der Waals surface area contributed by atoms with Gasteiger partial charge in [0.25, 0.3) is 0 Å². The summed E-state index contributed by atoms with van der Waals surface area (Å²) in [6.45, 7) is 7.39. The van der Waals surface area contributed by atoms with Crippen LogP contribution in [0.1, 0.15) is 26.3 Å². The molecule has 1 amide bonds. The molecule has 0 atom stereocenters. The normalized spacial score (nSPS) is 11.6. The van der Waals surface area contributed by atoms with Crippen LogP contribution in [0.15, 0.2) is 36.8 Å². The van der Waals surface area contributed by atoms with E-state index < -0.39 is 11.7 Å². The molecular formula is C19H26N6O2. The van der Waals surface area contributed by atoms with Crippen LogP contribution in [0, 0.1) is 0 Å². The molecule has 144 valence electrons. The van der Waals surface area contributed by atoms with Gasteiger partial charge in [0, 0.05) is 38.4 Å². The Balaban J connectivity index is 1.56. The maximum absolute atomic E-state index is 11.7. The third-order valence-electron chi connectivity index (χ3n) is 3.91. The van der Waals surface area contributed by atoms with Crippen molar-refractivity contribution in [1.29, 1.82) is 0 Å². The molecule has 1 aromatic carbocycles. The van der Waals surface area contributed by atoms with Gasteiger partial charge in [0.05, 0.1) is 0 Å². The number of alkyl carbamates (subject to hydrolysis) is 1. The van der Waals surface area contributed by atoms with Gasteiger partial charge in [-0.15, -0.1) is 5.10 Å². The number of nitrogens with zero attached hydrogens (tertiary/aromatic N) is 4. The van der Waals surface area contributed by atoms with Crippen molar-refractivity contribution in [1.82, 2.24) is 24.6 Å². The molecule has 0 aliphatic heterocycles. The monoisotopic (exact) mass is 370 g/mol. The van der Waals surface area contributed by atoms with Crippen molar-refractivity contribution in [3.05, 3.63) is 42.4 Å². The van der Waals surface area contributed by atoms with Gasteiger partial charge in [-0.05, 0) is 49.9 Å². The summed E-state index contributed by atoms with van der Waals surface area (Å²) in [5.74, 6) is 0.614. The van der Waals surface area contributed by atoms with Crippen LogP contribution in [0.5, 0.6) is 0 Å². The number of aromatic nitrogens is 4. The zero-order valence-electron chi connectivity index (χ0n) is 16.2. The SMILES string of the molecule is Cn1cnc(NCc2ccc3c(ccn3CCNC(=O)OC(C)(C)C)c2)n1. The number of aryl methyl sites for hydroxylation is 1. The Labute approximate surface area is 158 Å². The Morgan fingerprint density at radius 3 is 2.78 bits per heavy atom. The Bertz CT molecular complexity index is 922. The Kier molecular flexibility index (Phi) is 5.34. The van der Waals surface area contributed by atoms with Crippen LogP contribution in [0.25, 0.3) is 10.9 Å². The first-order chi connectivity index (χ1) is 12.8. The standard InChI is InChI=1S/C19H26N6O2/c1-19(2,3)27-18(26)20-8-10-25-9-7-15-11-14(5-6-16(15)25)12-21-17-22-13-24(4)23-17/h5-7,9,11,13H,8,10,12H2,1-4H3,(H,20,26)(H,21,23). The smallest absolute Gasteiger partial charge is 0.407 e. The first-order valence-electron chi connectivity index (χ1n) is 8.94. The van der Waals surface area contributed by atoms with Crippen molar-refractivity contribution in [3.8, 4) is 0 Å². The maximum atomic E-state index is 11.7. The lowest BCUT2D eigenvalue weighted by molar-refractivity contribution is 0.0526. The van der Waals surface area contributed by atoms with E-state index in [2.05, 4.69) is 49.5 Å². The lowest BCUT2D eigenvalue weighted by atomic mass is 10.1. The van der Waals surface area contributed by atoms with Gasteiger partial charge >= 0.3 is 6.09 Å². The molecule has 2 heterocycles. The second-order valence-corrected chi connectivity index (χ2v) is 7.43. The number of nitrogens with one attached hydrogen (secondary N) is 2. The van der Waals surface area contributed by atoms with Crippen molar-refractivity contribution >= 4 is 22.9 Å². The van der Waals surface area contributed by atoms with E-state index >= 15 is 0 Å². The van der Waals surface area contributed by atoms with E-state index in [1.54, 1.807) is 11.0 Å². The lowest BCUT2D eigenvalue weighted by Crippen LogP contribution is -2.34. The zero-order chi connectivity index (χ0) is 19.4. The molecule has 0 spiro atoms. The Hall–Kier alpha value is -3.03. The third-order valence-corrected chi connectivity index (χ3v) is 3.91. The number of fused-ring (bicyclic) bond motifs is 1. The summed E-state index contributed by atoms with van der Waals surface area (Å²) in [7, 11) is 1.84.